The number of likely N-dealkylation sites (N-methyl/N-ethyl adjacent to an activating group) is 1. The first-order valence-corrected chi connectivity index (χ1v) is 11.0. The average Bonchev–Trinajstić information content (AvgIpc) is 3.23. The smallest absolute Gasteiger partial charge is 0.243 e. The molecule has 1 fully saturated rings. The van der Waals surface area contributed by atoms with Crippen LogP contribution in [0, 0.1) is 5.82 Å². The van der Waals surface area contributed by atoms with E-state index >= 15 is 0 Å². The van der Waals surface area contributed by atoms with Crippen molar-refractivity contribution in [2.45, 2.75) is 25.6 Å². The maximum Gasteiger partial charge on any atom is 0.243 e. The number of morpholine rings is 1. The highest BCUT2D eigenvalue weighted by molar-refractivity contribution is 7.09. The summed E-state index contributed by atoms with van der Waals surface area (Å²) in [5.74, 6) is 0.382. The Morgan fingerprint density at radius 1 is 1.30 bits per heavy atom. The molecule has 30 heavy (non-hydrogen) atoms. The molecule has 0 saturated carbocycles. The van der Waals surface area contributed by atoms with Crippen LogP contribution in [0.3, 0.4) is 0 Å². The van der Waals surface area contributed by atoms with Crippen LogP contribution in [0.5, 0.6) is 0 Å². The monoisotopic (exact) mass is 432 g/mol. The number of nitrogens with one attached hydrogen (secondary N) is 1. The Morgan fingerprint density at radius 2 is 2.07 bits per heavy atom. The Hall–Kier alpha value is -2.45. The summed E-state index contributed by atoms with van der Waals surface area (Å²) >= 11 is 1.73. The zero-order valence-corrected chi connectivity index (χ0v) is 18.5. The van der Waals surface area contributed by atoms with E-state index in [1.807, 2.05) is 13.0 Å². The molecular formula is C22H29FN4O2S. The molecule has 0 spiro atoms. The lowest BCUT2D eigenvalue weighted by molar-refractivity contribution is -0.127. The molecule has 0 bridgehead atoms. The number of carbonyl (C=O) groups is 1. The highest BCUT2D eigenvalue weighted by Crippen LogP contribution is 2.25. The van der Waals surface area contributed by atoms with E-state index < -0.39 is 0 Å². The predicted molar refractivity (Wildman–Crippen MR) is 118 cm³/mol. The fourth-order valence-electron chi connectivity index (χ4n) is 3.29. The van der Waals surface area contributed by atoms with Crippen LogP contribution >= 0.6 is 11.3 Å². The molecule has 8 heteroatoms. The molecule has 1 aromatic carbocycles. The second-order valence-electron chi connectivity index (χ2n) is 7.58. The summed E-state index contributed by atoms with van der Waals surface area (Å²) in [6.07, 6.45) is 0.672. The van der Waals surface area contributed by atoms with Crippen molar-refractivity contribution in [3.8, 4) is 0 Å². The molecule has 0 radical (unpaired) electrons. The Labute approximate surface area is 181 Å². The number of amides is 1. The maximum atomic E-state index is 13.3. The molecule has 2 unspecified atom stereocenters. The van der Waals surface area contributed by atoms with Crippen molar-refractivity contribution in [3.63, 3.8) is 0 Å². The Bertz CT molecular complexity index is 839. The van der Waals surface area contributed by atoms with E-state index in [-0.39, 0.29) is 30.5 Å². The van der Waals surface area contributed by atoms with Crippen molar-refractivity contribution in [2.75, 3.05) is 40.3 Å². The van der Waals surface area contributed by atoms with E-state index in [0.29, 0.717) is 19.0 Å². The van der Waals surface area contributed by atoms with Crippen molar-refractivity contribution < 1.29 is 13.9 Å². The lowest BCUT2D eigenvalue weighted by atomic mass is 10.1. The van der Waals surface area contributed by atoms with Gasteiger partial charge in [-0.15, -0.1) is 11.3 Å². The van der Waals surface area contributed by atoms with Gasteiger partial charge in [0, 0.05) is 32.1 Å². The van der Waals surface area contributed by atoms with Crippen LogP contribution in [-0.2, 0) is 16.0 Å². The number of hydrogen-bond acceptors (Lipinski definition) is 4. The highest BCUT2D eigenvalue weighted by Gasteiger charge is 2.28. The van der Waals surface area contributed by atoms with Gasteiger partial charge in [-0.1, -0.05) is 18.2 Å². The van der Waals surface area contributed by atoms with Crippen molar-refractivity contribution in [1.29, 1.82) is 0 Å². The molecule has 2 atom stereocenters. The Balaban J connectivity index is 1.72. The topological polar surface area (TPSA) is 57.2 Å². The second-order valence-corrected chi connectivity index (χ2v) is 8.61. The van der Waals surface area contributed by atoms with Crippen molar-refractivity contribution in [1.82, 2.24) is 15.1 Å². The van der Waals surface area contributed by atoms with Crippen LogP contribution in [0.1, 0.15) is 23.5 Å². The summed E-state index contributed by atoms with van der Waals surface area (Å²) in [7, 11) is 3.45. The molecule has 1 amide bonds. The van der Waals surface area contributed by atoms with Crippen LogP contribution in [0.25, 0.3) is 0 Å². The normalized spacial score (nSPS) is 19.6. The average molecular weight is 433 g/mol. The molecule has 6 nitrogen and oxygen atoms in total. The van der Waals surface area contributed by atoms with Crippen molar-refractivity contribution >= 4 is 23.2 Å². The van der Waals surface area contributed by atoms with E-state index in [2.05, 4.69) is 26.7 Å². The summed E-state index contributed by atoms with van der Waals surface area (Å²) < 4.78 is 19.4. The number of halogens is 1. The quantitative estimate of drug-likeness (QED) is 0.563. The zero-order valence-electron chi connectivity index (χ0n) is 17.7. The van der Waals surface area contributed by atoms with Crippen LogP contribution in [0.4, 0.5) is 4.39 Å². The first-order valence-electron chi connectivity index (χ1n) is 10.1. The first-order chi connectivity index (χ1) is 14.4. The number of guanidine groups is 1. The Kier molecular flexibility index (Phi) is 7.81. The second kappa shape index (κ2) is 10.5. The van der Waals surface area contributed by atoms with Gasteiger partial charge in [-0.25, -0.2) is 9.38 Å². The number of aliphatic imine (C=N–C) groups is 1. The van der Waals surface area contributed by atoms with Crippen LogP contribution in [0.15, 0.2) is 46.8 Å². The van der Waals surface area contributed by atoms with Gasteiger partial charge in [0.1, 0.15) is 18.5 Å². The molecule has 1 aromatic heterocycles. The van der Waals surface area contributed by atoms with Gasteiger partial charge in [0.15, 0.2) is 5.96 Å². The highest BCUT2D eigenvalue weighted by atomic mass is 32.1. The third kappa shape index (κ3) is 6.27. The van der Waals surface area contributed by atoms with Crippen LogP contribution in [0.2, 0.25) is 0 Å². The number of carbonyl (C=O) groups excluding carboxylic acids is 1. The van der Waals surface area contributed by atoms with E-state index in [1.165, 1.54) is 21.9 Å². The number of hydrogen-bond donors (Lipinski definition) is 1. The van der Waals surface area contributed by atoms with Gasteiger partial charge in [0.2, 0.25) is 5.91 Å². The number of thiophene rings is 1. The molecule has 1 saturated heterocycles. The summed E-state index contributed by atoms with van der Waals surface area (Å²) in [6, 6.07) is 10.6. The van der Waals surface area contributed by atoms with Crippen molar-refractivity contribution in [3.05, 3.63) is 58.0 Å². The van der Waals surface area contributed by atoms with Gasteiger partial charge in [-0.05, 0) is 42.5 Å². The van der Waals surface area contributed by atoms with Crippen molar-refractivity contribution in [2.24, 2.45) is 4.99 Å². The van der Waals surface area contributed by atoms with E-state index in [4.69, 9.17) is 4.74 Å². The summed E-state index contributed by atoms with van der Waals surface area (Å²) in [5.41, 5.74) is 0.926. The van der Waals surface area contributed by atoms with Gasteiger partial charge in [-0.3, -0.25) is 4.79 Å². The number of ether oxygens (including phenoxy) is 1. The minimum absolute atomic E-state index is 0.0253. The van der Waals surface area contributed by atoms with Gasteiger partial charge >= 0.3 is 0 Å². The van der Waals surface area contributed by atoms with E-state index in [0.717, 1.165) is 18.5 Å². The zero-order chi connectivity index (χ0) is 21.5. The molecule has 2 aromatic rings. The molecule has 162 valence electrons. The van der Waals surface area contributed by atoms with Crippen LogP contribution < -0.4 is 5.32 Å². The third-order valence-electron chi connectivity index (χ3n) is 4.90. The fourth-order valence-corrected chi connectivity index (χ4v) is 4.00. The lowest BCUT2D eigenvalue weighted by Gasteiger charge is -2.39. The molecular weight excluding hydrogens is 403 g/mol. The van der Waals surface area contributed by atoms with Gasteiger partial charge in [-0.2, -0.15) is 0 Å². The number of nitrogens with zero attached hydrogens (tertiary/aromatic N) is 3. The minimum Gasteiger partial charge on any atom is -0.367 e. The molecule has 1 aliphatic rings. The van der Waals surface area contributed by atoms with Gasteiger partial charge in [0.05, 0.1) is 12.6 Å². The number of benzene rings is 1. The summed E-state index contributed by atoms with van der Waals surface area (Å²) in [6.45, 7) is 4.07. The van der Waals surface area contributed by atoms with E-state index in [1.54, 1.807) is 37.6 Å². The molecule has 1 N–H and O–H groups in total. The van der Waals surface area contributed by atoms with Crippen LogP contribution in [-0.4, -0.2) is 68.0 Å². The summed E-state index contributed by atoms with van der Waals surface area (Å²) in [4.78, 5) is 21.6. The predicted octanol–water partition coefficient (Wildman–Crippen LogP) is 2.93. The fraction of sp³-hybridized carbons (Fsp3) is 0.455. The molecule has 2 heterocycles. The van der Waals surface area contributed by atoms with Gasteiger partial charge in [0.25, 0.3) is 0 Å². The minimum atomic E-state index is -0.265. The molecule has 3 rings (SSSR count). The maximum absolute atomic E-state index is 13.3. The SMILES string of the molecule is CC1CN(C(=NCC(=O)N(C)C)NCCc2cccs2)CC(c2ccc(F)cc2)O1. The molecule has 0 aliphatic carbocycles. The Morgan fingerprint density at radius 3 is 2.73 bits per heavy atom. The summed E-state index contributed by atoms with van der Waals surface area (Å²) in [5, 5.41) is 5.49. The standard InChI is InChI=1S/C22H29FN4O2S/c1-16-14-27(15-20(29-16)17-6-8-18(23)9-7-17)22(25-13-21(28)26(2)3)24-11-10-19-5-4-12-30-19/h4-9,12,16,20H,10-11,13-15H2,1-3H3,(H,24,25). The largest absolute Gasteiger partial charge is 0.367 e. The number of rotatable bonds is 6. The lowest BCUT2D eigenvalue weighted by Crippen LogP contribution is -2.51. The van der Waals surface area contributed by atoms with Gasteiger partial charge < -0.3 is 19.9 Å². The first kappa shape index (κ1) is 22.2. The third-order valence-corrected chi connectivity index (χ3v) is 5.84. The molecule has 1 aliphatic heterocycles. The van der Waals surface area contributed by atoms with E-state index in [9.17, 15) is 9.18 Å².